The molecule has 0 amide bonds. The number of para-hydroxylation sites is 1. The van der Waals surface area contributed by atoms with Gasteiger partial charge in [0.1, 0.15) is 0 Å². The molecular formula is C13H17N3O2. The number of nitrogens with one attached hydrogen (secondary N) is 1. The summed E-state index contributed by atoms with van der Waals surface area (Å²) in [7, 11) is 0. The van der Waals surface area contributed by atoms with Crippen LogP contribution in [0, 0.1) is 0 Å². The van der Waals surface area contributed by atoms with E-state index in [0.29, 0.717) is 17.4 Å². The van der Waals surface area contributed by atoms with Gasteiger partial charge in [-0.3, -0.25) is 9.36 Å². The summed E-state index contributed by atoms with van der Waals surface area (Å²) < 4.78 is 1.45. The molecule has 0 aliphatic carbocycles. The number of likely N-dealkylation sites (N-methyl/N-ethyl adjacent to an activating group) is 1. The third-order valence-electron chi connectivity index (χ3n) is 2.77. The van der Waals surface area contributed by atoms with E-state index in [9.17, 15) is 9.90 Å². The highest BCUT2D eigenvalue weighted by Crippen LogP contribution is 2.04. The Labute approximate surface area is 105 Å². The van der Waals surface area contributed by atoms with E-state index < -0.39 is 6.10 Å². The lowest BCUT2D eigenvalue weighted by Gasteiger charge is -2.12. The molecule has 1 unspecified atom stereocenters. The van der Waals surface area contributed by atoms with Crippen molar-refractivity contribution < 1.29 is 5.11 Å². The Hall–Kier alpha value is -1.72. The summed E-state index contributed by atoms with van der Waals surface area (Å²) >= 11 is 0. The number of hydrogen-bond donors (Lipinski definition) is 2. The van der Waals surface area contributed by atoms with E-state index in [1.165, 1.54) is 10.9 Å². The quantitative estimate of drug-likeness (QED) is 0.801. The molecule has 0 radical (unpaired) electrons. The Morgan fingerprint density at radius 3 is 3.00 bits per heavy atom. The highest BCUT2D eigenvalue weighted by molar-refractivity contribution is 5.76. The van der Waals surface area contributed by atoms with Gasteiger partial charge in [-0.2, -0.15) is 0 Å². The van der Waals surface area contributed by atoms with Gasteiger partial charge in [0, 0.05) is 6.54 Å². The fourth-order valence-corrected chi connectivity index (χ4v) is 1.84. The van der Waals surface area contributed by atoms with Crippen LogP contribution in [0.1, 0.15) is 6.92 Å². The Balaban J connectivity index is 2.24. The number of aliphatic hydroxyl groups is 1. The first-order chi connectivity index (χ1) is 8.72. The number of hydrogen-bond acceptors (Lipinski definition) is 4. The van der Waals surface area contributed by atoms with Crippen LogP contribution >= 0.6 is 0 Å². The average molecular weight is 247 g/mol. The van der Waals surface area contributed by atoms with Crippen LogP contribution in [-0.4, -0.2) is 33.9 Å². The van der Waals surface area contributed by atoms with Crippen LogP contribution in [0.15, 0.2) is 35.4 Å². The standard InChI is InChI=1S/C13H17N3O2/c1-2-14-7-10(17)8-16-9-15-12-6-4-3-5-11(12)13(16)18/h3-6,9-10,14,17H,2,7-8H2,1H3. The first-order valence-electron chi connectivity index (χ1n) is 6.05. The van der Waals surface area contributed by atoms with Crippen molar-refractivity contribution in [1.82, 2.24) is 14.9 Å². The van der Waals surface area contributed by atoms with Gasteiger partial charge in [-0.1, -0.05) is 19.1 Å². The summed E-state index contributed by atoms with van der Waals surface area (Å²) in [5, 5.41) is 13.4. The van der Waals surface area contributed by atoms with Crippen molar-refractivity contribution in [3.05, 3.63) is 40.9 Å². The normalized spacial score (nSPS) is 12.8. The fourth-order valence-electron chi connectivity index (χ4n) is 1.84. The molecule has 5 nitrogen and oxygen atoms in total. The van der Waals surface area contributed by atoms with Crippen LogP contribution in [-0.2, 0) is 6.54 Å². The first-order valence-corrected chi connectivity index (χ1v) is 6.05. The van der Waals surface area contributed by atoms with Gasteiger partial charge in [-0.15, -0.1) is 0 Å². The minimum Gasteiger partial charge on any atom is -0.390 e. The zero-order chi connectivity index (χ0) is 13.0. The van der Waals surface area contributed by atoms with Crippen LogP contribution in [0.3, 0.4) is 0 Å². The first kappa shape index (κ1) is 12.7. The molecule has 2 rings (SSSR count). The van der Waals surface area contributed by atoms with E-state index in [1.54, 1.807) is 12.1 Å². The van der Waals surface area contributed by atoms with Crippen molar-refractivity contribution in [2.75, 3.05) is 13.1 Å². The van der Waals surface area contributed by atoms with Crippen molar-refractivity contribution in [2.24, 2.45) is 0 Å². The lowest BCUT2D eigenvalue weighted by molar-refractivity contribution is 0.150. The second kappa shape index (κ2) is 5.75. The summed E-state index contributed by atoms with van der Waals surface area (Å²) in [6.45, 7) is 3.48. The summed E-state index contributed by atoms with van der Waals surface area (Å²) in [6.07, 6.45) is 0.894. The third-order valence-corrected chi connectivity index (χ3v) is 2.77. The van der Waals surface area contributed by atoms with Gasteiger partial charge in [0.2, 0.25) is 0 Å². The van der Waals surface area contributed by atoms with Crippen molar-refractivity contribution in [1.29, 1.82) is 0 Å². The summed E-state index contributed by atoms with van der Waals surface area (Å²) in [6, 6.07) is 7.21. The maximum atomic E-state index is 12.1. The number of fused-ring (bicyclic) bond motifs is 1. The molecule has 0 saturated carbocycles. The SMILES string of the molecule is CCNCC(O)Cn1cnc2ccccc2c1=O. The maximum Gasteiger partial charge on any atom is 0.261 e. The summed E-state index contributed by atoms with van der Waals surface area (Å²) in [4.78, 5) is 16.3. The van der Waals surface area contributed by atoms with Crippen molar-refractivity contribution in [3.8, 4) is 0 Å². The van der Waals surface area contributed by atoms with Crippen LogP contribution < -0.4 is 10.9 Å². The number of aliphatic hydroxyl groups excluding tert-OH is 1. The van der Waals surface area contributed by atoms with E-state index in [1.807, 2.05) is 19.1 Å². The van der Waals surface area contributed by atoms with Gasteiger partial charge in [-0.25, -0.2) is 4.98 Å². The highest BCUT2D eigenvalue weighted by atomic mass is 16.3. The number of aromatic nitrogens is 2. The van der Waals surface area contributed by atoms with E-state index in [4.69, 9.17) is 0 Å². The molecular weight excluding hydrogens is 230 g/mol. The molecule has 1 aromatic heterocycles. The monoisotopic (exact) mass is 247 g/mol. The lowest BCUT2D eigenvalue weighted by atomic mass is 10.2. The zero-order valence-electron chi connectivity index (χ0n) is 10.3. The van der Waals surface area contributed by atoms with Gasteiger partial charge < -0.3 is 10.4 Å². The topological polar surface area (TPSA) is 67.2 Å². The molecule has 96 valence electrons. The van der Waals surface area contributed by atoms with Crippen LogP contribution in [0.4, 0.5) is 0 Å². The van der Waals surface area contributed by atoms with E-state index in [0.717, 1.165) is 6.54 Å². The predicted molar refractivity (Wildman–Crippen MR) is 70.6 cm³/mol. The summed E-state index contributed by atoms with van der Waals surface area (Å²) in [5.74, 6) is 0. The third kappa shape index (κ3) is 2.75. The molecule has 0 spiro atoms. The van der Waals surface area contributed by atoms with Gasteiger partial charge in [0.05, 0.1) is 29.9 Å². The molecule has 18 heavy (non-hydrogen) atoms. The molecule has 5 heteroatoms. The Kier molecular flexibility index (Phi) is 4.07. The van der Waals surface area contributed by atoms with Gasteiger partial charge in [-0.05, 0) is 18.7 Å². The highest BCUT2D eigenvalue weighted by Gasteiger charge is 2.08. The van der Waals surface area contributed by atoms with E-state index in [-0.39, 0.29) is 12.1 Å². The zero-order valence-corrected chi connectivity index (χ0v) is 10.3. The molecule has 1 atom stereocenters. The summed E-state index contributed by atoms with van der Waals surface area (Å²) in [5.41, 5.74) is 0.566. The van der Waals surface area contributed by atoms with Gasteiger partial charge in [0.25, 0.3) is 5.56 Å². The molecule has 0 aliphatic rings. The molecule has 0 saturated heterocycles. The second-order valence-electron chi connectivity index (χ2n) is 4.18. The van der Waals surface area contributed by atoms with Crippen molar-refractivity contribution >= 4 is 10.9 Å². The Morgan fingerprint density at radius 1 is 1.44 bits per heavy atom. The van der Waals surface area contributed by atoms with Gasteiger partial charge >= 0.3 is 0 Å². The van der Waals surface area contributed by atoms with Crippen LogP contribution in [0.5, 0.6) is 0 Å². The van der Waals surface area contributed by atoms with E-state index >= 15 is 0 Å². The number of nitrogens with zero attached hydrogens (tertiary/aromatic N) is 2. The average Bonchev–Trinajstić information content (AvgIpc) is 2.40. The lowest BCUT2D eigenvalue weighted by Crippen LogP contribution is -2.33. The minimum absolute atomic E-state index is 0.115. The molecule has 0 fully saturated rings. The molecule has 2 N–H and O–H groups in total. The molecule has 1 aromatic carbocycles. The molecule has 2 aromatic rings. The van der Waals surface area contributed by atoms with Gasteiger partial charge in [0.15, 0.2) is 0 Å². The Morgan fingerprint density at radius 2 is 2.22 bits per heavy atom. The van der Waals surface area contributed by atoms with E-state index in [2.05, 4.69) is 10.3 Å². The van der Waals surface area contributed by atoms with Crippen molar-refractivity contribution in [2.45, 2.75) is 19.6 Å². The molecule has 0 aliphatic heterocycles. The maximum absolute atomic E-state index is 12.1. The molecule has 1 heterocycles. The molecule has 0 bridgehead atoms. The van der Waals surface area contributed by atoms with Crippen LogP contribution in [0.2, 0.25) is 0 Å². The largest absolute Gasteiger partial charge is 0.390 e. The smallest absolute Gasteiger partial charge is 0.261 e. The van der Waals surface area contributed by atoms with Crippen molar-refractivity contribution in [3.63, 3.8) is 0 Å². The number of benzene rings is 1. The number of rotatable bonds is 5. The Bertz CT molecular complexity index is 580. The second-order valence-corrected chi connectivity index (χ2v) is 4.18. The minimum atomic E-state index is -0.592. The predicted octanol–water partition coefficient (Wildman–Crippen LogP) is 0.367. The fraction of sp³-hybridized carbons (Fsp3) is 0.385. The van der Waals surface area contributed by atoms with Crippen LogP contribution in [0.25, 0.3) is 10.9 Å².